The predicted octanol–water partition coefficient (Wildman–Crippen LogP) is 1.79. The standard InChI is InChI=1S/C19H27N3O3/c1-2-15(13-21-10-5-6-11-21)20-18(23)14-22-16-7-3-4-8-17(16)25-12-9-19(22)24/h3-4,7-8,15H,2,5-6,9-14H2,1H3,(H,20,23). The maximum atomic E-state index is 12.6. The van der Waals surface area contributed by atoms with Gasteiger partial charge in [0.15, 0.2) is 0 Å². The fourth-order valence-electron chi connectivity index (χ4n) is 3.46. The van der Waals surface area contributed by atoms with E-state index in [2.05, 4.69) is 17.1 Å². The van der Waals surface area contributed by atoms with Crippen molar-refractivity contribution in [1.29, 1.82) is 0 Å². The molecule has 0 saturated carbocycles. The van der Waals surface area contributed by atoms with E-state index in [1.807, 2.05) is 24.3 Å². The fraction of sp³-hybridized carbons (Fsp3) is 0.579. The van der Waals surface area contributed by atoms with Gasteiger partial charge in [-0.2, -0.15) is 0 Å². The second-order valence-electron chi connectivity index (χ2n) is 6.73. The Labute approximate surface area is 149 Å². The number of carbonyl (C=O) groups excluding carboxylic acids is 2. The lowest BCUT2D eigenvalue weighted by molar-refractivity contribution is -0.124. The molecule has 6 heteroatoms. The molecule has 2 aliphatic heterocycles. The predicted molar refractivity (Wildman–Crippen MR) is 96.8 cm³/mol. The number of hydrogen-bond acceptors (Lipinski definition) is 4. The average Bonchev–Trinajstić information content (AvgIpc) is 3.07. The lowest BCUT2D eigenvalue weighted by Gasteiger charge is -2.26. The van der Waals surface area contributed by atoms with Gasteiger partial charge in [0.05, 0.1) is 18.7 Å². The zero-order chi connectivity index (χ0) is 17.6. The summed E-state index contributed by atoms with van der Waals surface area (Å²) >= 11 is 0. The molecule has 2 aliphatic rings. The van der Waals surface area contributed by atoms with Crippen LogP contribution >= 0.6 is 0 Å². The van der Waals surface area contributed by atoms with Crippen LogP contribution in [-0.2, 0) is 9.59 Å². The first-order chi connectivity index (χ1) is 12.2. The van der Waals surface area contributed by atoms with E-state index in [9.17, 15) is 9.59 Å². The van der Waals surface area contributed by atoms with Gasteiger partial charge in [-0.15, -0.1) is 0 Å². The van der Waals surface area contributed by atoms with Crippen LogP contribution in [0, 0.1) is 0 Å². The third kappa shape index (κ3) is 4.51. The summed E-state index contributed by atoms with van der Waals surface area (Å²) < 4.78 is 5.62. The Hall–Kier alpha value is -2.08. The molecular weight excluding hydrogens is 318 g/mol. The monoisotopic (exact) mass is 345 g/mol. The molecule has 0 radical (unpaired) electrons. The molecule has 3 rings (SSSR count). The molecule has 0 aromatic heterocycles. The fourth-order valence-corrected chi connectivity index (χ4v) is 3.46. The summed E-state index contributed by atoms with van der Waals surface area (Å²) in [6, 6.07) is 7.51. The molecule has 1 aromatic carbocycles. The third-order valence-corrected chi connectivity index (χ3v) is 4.87. The van der Waals surface area contributed by atoms with Crippen LogP contribution in [-0.4, -0.2) is 55.5 Å². The molecule has 1 saturated heterocycles. The number of nitrogens with one attached hydrogen (secondary N) is 1. The van der Waals surface area contributed by atoms with Gasteiger partial charge in [0.2, 0.25) is 11.8 Å². The van der Waals surface area contributed by atoms with Gasteiger partial charge in [-0.1, -0.05) is 19.1 Å². The second-order valence-corrected chi connectivity index (χ2v) is 6.73. The number of amides is 2. The summed E-state index contributed by atoms with van der Waals surface area (Å²) in [5, 5.41) is 3.10. The third-order valence-electron chi connectivity index (χ3n) is 4.87. The molecule has 6 nitrogen and oxygen atoms in total. The smallest absolute Gasteiger partial charge is 0.240 e. The Morgan fingerprint density at radius 3 is 2.80 bits per heavy atom. The molecule has 1 unspecified atom stereocenters. The number of fused-ring (bicyclic) bond motifs is 1. The second kappa shape index (κ2) is 8.34. The number of benzene rings is 1. The Morgan fingerprint density at radius 2 is 2.04 bits per heavy atom. The van der Waals surface area contributed by atoms with Gasteiger partial charge in [-0.25, -0.2) is 0 Å². The topological polar surface area (TPSA) is 61.9 Å². The van der Waals surface area contributed by atoms with Crippen LogP contribution in [0.4, 0.5) is 5.69 Å². The van der Waals surface area contributed by atoms with E-state index in [0.717, 1.165) is 26.1 Å². The lowest BCUT2D eigenvalue weighted by atomic mass is 10.2. The summed E-state index contributed by atoms with van der Waals surface area (Å²) in [4.78, 5) is 28.9. The first kappa shape index (κ1) is 17.7. The molecular formula is C19H27N3O3. The summed E-state index contributed by atoms with van der Waals surface area (Å²) in [5.74, 6) is 0.467. The van der Waals surface area contributed by atoms with Crippen molar-refractivity contribution in [3.05, 3.63) is 24.3 Å². The van der Waals surface area contributed by atoms with Crippen molar-refractivity contribution in [1.82, 2.24) is 10.2 Å². The quantitative estimate of drug-likeness (QED) is 0.854. The highest BCUT2D eigenvalue weighted by Gasteiger charge is 2.26. The van der Waals surface area contributed by atoms with Crippen LogP contribution in [0.2, 0.25) is 0 Å². The first-order valence-corrected chi connectivity index (χ1v) is 9.21. The van der Waals surface area contributed by atoms with Crippen molar-refractivity contribution in [2.45, 2.75) is 38.6 Å². The van der Waals surface area contributed by atoms with Gasteiger partial charge in [-0.05, 0) is 44.5 Å². The van der Waals surface area contributed by atoms with Gasteiger partial charge < -0.3 is 15.0 Å². The Kier molecular flexibility index (Phi) is 5.91. The molecule has 1 fully saturated rings. The van der Waals surface area contributed by atoms with Crippen LogP contribution in [0.25, 0.3) is 0 Å². The highest BCUT2D eigenvalue weighted by Crippen LogP contribution is 2.30. The van der Waals surface area contributed by atoms with Gasteiger partial charge in [0.1, 0.15) is 12.3 Å². The minimum atomic E-state index is -0.115. The molecule has 1 atom stereocenters. The Morgan fingerprint density at radius 1 is 1.28 bits per heavy atom. The van der Waals surface area contributed by atoms with E-state index in [0.29, 0.717) is 18.0 Å². The first-order valence-electron chi connectivity index (χ1n) is 9.21. The molecule has 0 spiro atoms. The van der Waals surface area contributed by atoms with Crippen molar-refractivity contribution in [2.75, 3.05) is 37.7 Å². The molecule has 2 amide bonds. The van der Waals surface area contributed by atoms with Crippen LogP contribution in [0.5, 0.6) is 5.75 Å². The van der Waals surface area contributed by atoms with Gasteiger partial charge in [0, 0.05) is 12.6 Å². The van der Waals surface area contributed by atoms with Crippen LogP contribution < -0.4 is 15.0 Å². The van der Waals surface area contributed by atoms with Crippen molar-refractivity contribution < 1.29 is 14.3 Å². The van der Waals surface area contributed by atoms with Gasteiger partial charge in [-0.3, -0.25) is 14.5 Å². The molecule has 25 heavy (non-hydrogen) atoms. The maximum Gasteiger partial charge on any atom is 0.240 e. The number of likely N-dealkylation sites (tertiary alicyclic amines) is 1. The summed E-state index contributed by atoms with van der Waals surface area (Å²) in [5.41, 5.74) is 0.674. The largest absolute Gasteiger partial charge is 0.491 e. The Balaban J connectivity index is 1.63. The van der Waals surface area contributed by atoms with Crippen molar-refractivity contribution >= 4 is 17.5 Å². The molecule has 2 heterocycles. The van der Waals surface area contributed by atoms with E-state index in [-0.39, 0.29) is 30.8 Å². The van der Waals surface area contributed by atoms with Gasteiger partial charge >= 0.3 is 0 Å². The molecule has 136 valence electrons. The zero-order valence-corrected chi connectivity index (χ0v) is 14.9. The van der Waals surface area contributed by atoms with E-state index in [4.69, 9.17) is 4.74 Å². The maximum absolute atomic E-state index is 12.6. The lowest BCUT2D eigenvalue weighted by Crippen LogP contribution is -2.47. The van der Waals surface area contributed by atoms with E-state index in [1.54, 1.807) is 4.90 Å². The zero-order valence-electron chi connectivity index (χ0n) is 14.9. The van der Waals surface area contributed by atoms with Crippen LogP contribution in [0.3, 0.4) is 0 Å². The molecule has 1 aromatic rings. The Bertz CT molecular complexity index is 614. The average molecular weight is 345 g/mol. The van der Waals surface area contributed by atoms with Crippen LogP contribution in [0.15, 0.2) is 24.3 Å². The molecule has 0 aliphatic carbocycles. The summed E-state index contributed by atoms with van der Waals surface area (Å²) in [6.45, 7) is 5.58. The number of ether oxygens (including phenoxy) is 1. The van der Waals surface area contributed by atoms with Crippen LogP contribution in [0.1, 0.15) is 32.6 Å². The molecule has 0 bridgehead atoms. The summed E-state index contributed by atoms with van der Waals surface area (Å²) in [6.07, 6.45) is 3.65. The SMILES string of the molecule is CCC(CN1CCCC1)NC(=O)CN1C(=O)CCOc2ccccc21. The normalized spacial score (nSPS) is 19.1. The van der Waals surface area contributed by atoms with E-state index >= 15 is 0 Å². The number of carbonyl (C=O) groups is 2. The van der Waals surface area contributed by atoms with Gasteiger partial charge in [0.25, 0.3) is 0 Å². The minimum Gasteiger partial charge on any atom is -0.491 e. The number of rotatable bonds is 6. The summed E-state index contributed by atoms with van der Waals surface area (Å²) in [7, 11) is 0. The minimum absolute atomic E-state index is 0.0374. The number of anilines is 1. The van der Waals surface area contributed by atoms with E-state index in [1.165, 1.54) is 12.8 Å². The van der Waals surface area contributed by atoms with Crippen molar-refractivity contribution in [3.8, 4) is 5.75 Å². The van der Waals surface area contributed by atoms with E-state index < -0.39 is 0 Å². The van der Waals surface area contributed by atoms with Crippen molar-refractivity contribution in [2.24, 2.45) is 0 Å². The number of para-hydroxylation sites is 2. The highest BCUT2D eigenvalue weighted by atomic mass is 16.5. The number of hydrogen-bond donors (Lipinski definition) is 1. The highest BCUT2D eigenvalue weighted by molar-refractivity contribution is 6.00. The van der Waals surface area contributed by atoms with Crippen molar-refractivity contribution in [3.63, 3.8) is 0 Å². The molecule has 1 N–H and O–H groups in total. The number of nitrogens with zero attached hydrogens (tertiary/aromatic N) is 2.